The molecule has 0 radical (unpaired) electrons. The molecule has 0 amide bonds. The molecule has 0 spiro atoms. The number of hydrogen-bond acceptors (Lipinski definition) is 4. The van der Waals surface area contributed by atoms with E-state index in [1.54, 1.807) is 48.5 Å². The molecule has 0 aromatic heterocycles. The number of para-hydroxylation sites is 1. The molecule has 100 valence electrons. The van der Waals surface area contributed by atoms with Crippen molar-refractivity contribution in [3.05, 3.63) is 77.0 Å². The number of rotatable bonds is 2. The Morgan fingerprint density at radius 1 is 0.810 bits per heavy atom. The Morgan fingerprint density at radius 3 is 2.00 bits per heavy atom. The van der Waals surface area contributed by atoms with Gasteiger partial charge in [0, 0.05) is 16.8 Å². The Balaban J connectivity index is 2.12. The average Bonchev–Trinajstić information content (AvgIpc) is 2.54. The molecule has 0 atom stereocenters. The predicted molar refractivity (Wildman–Crippen MR) is 77.8 cm³/mol. The van der Waals surface area contributed by atoms with Crippen LogP contribution in [-0.2, 0) is 0 Å². The Morgan fingerprint density at radius 2 is 1.38 bits per heavy atom. The fraction of sp³-hybridized carbons (Fsp3) is 0. The van der Waals surface area contributed by atoms with Crippen LogP contribution in [0.5, 0.6) is 0 Å². The largest absolute Gasteiger partial charge is 0.351 e. The number of benzene rings is 2. The molecule has 1 N–H and O–H groups in total. The van der Waals surface area contributed by atoms with Crippen molar-refractivity contribution in [2.45, 2.75) is 0 Å². The van der Waals surface area contributed by atoms with Gasteiger partial charge in [-0.25, -0.2) is 0 Å². The summed E-state index contributed by atoms with van der Waals surface area (Å²) in [4.78, 5) is 24.8. The van der Waals surface area contributed by atoms with Crippen molar-refractivity contribution in [2.24, 2.45) is 0 Å². The minimum atomic E-state index is -0.425. The lowest BCUT2D eigenvalue weighted by molar-refractivity contribution is 0.0979. The molecule has 0 bridgehead atoms. The van der Waals surface area contributed by atoms with Gasteiger partial charge in [0.05, 0.1) is 0 Å². The highest BCUT2D eigenvalue weighted by atomic mass is 16.1. The van der Waals surface area contributed by atoms with E-state index in [4.69, 9.17) is 0 Å². The topological polar surface area (TPSA) is 70.0 Å². The fourth-order valence-corrected chi connectivity index (χ4v) is 2.27. The second-order valence-corrected chi connectivity index (χ2v) is 4.56. The standard InChI is InChI=1S/C17H10N2O2/c18-10-14-15(19-11-6-2-1-3-7-11)17(21)13-9-5-4-8-12(13)16(14)20/h1-9,19H. The highest BCUT2D eigenvalue weighted by Gasteiger charge is 2.32. The van der Waals surface area contributed by atoms with Gasteiger partial charge in [0.1, 0.15) is 17.3 Å². The molecule has 0 saturated carbocycles. The van der Waals surface area contributed by atoms with Crippen LogP contribution in [0.4, 0.5) is 5.69 Å². The van der Waals surface area contributed by atoms with E-state index in [2.05, 4.69) is 5.32 Å². The third kappa shape index (κ3) is 2.11. The maximum absolute atomic E-state index is 12.5. The third-order valence-electron chi connectivity index (χ3n) is 3.28. The van der Waals surface area contributed by atoms with Crippen molar-refractivity contribution >= 4 is 17.3 Å². The molecule has 4 nitrogen and oxygen atoms in total. The molecule has 3 rings (SSSR count). The van der Waals surface area contributed by atoms with E-state index in [1.807, 2.05) is 12.1 Å². The number of carbonyl (C=O) groups excluding carboxylic acids is 2. The van der Waals surface area contributed by atoms with Gasteiger partial charge in [-0.3, -0.25) is 9.59 Å². The molecule has 1 aliphatic carbocycles. The van der Waals surface area contributed by atoms with E-state index < -0.39 is 5.78 Å². The van der Waals surface area contributed by atoms with Crippen LogP contribution in [0.25, 0.3) is 0 Å². The molecule has 4 heteroatoms. The van der Waals surface area contributed by atoms with Gasteiger partial charge in [-0.2, -0.15) is 5.26 Å². The van der Waals surface area contributed by atoms with Crippen molar-refractivity contribution in [1.82, 2.24) is 0 Å². The van der Waals surface area contributed by atoms with E-state index in [9.17, 15) is 14.9 Å². The lowest BCUT2D eigenvalue weighted by atomic mass is 9.87. The van der Waals surface area contributed by atoms with Gasteiger partial charge >= 0.3 is 0 Å². The van der Waals surface area contributed by atoms with Crippen LogP contribution >= 0.6 is 0 Å². The first-order valence-electron chi connectivity index (χ1n) is 6.37. The third-order valence-corrected chi connectivity index (χ3v) is 3.28. The fourth-order valence-electron chi connectivity index (χ4n) is 2.27. The Kier molecular flexibility index (Phi) is 3.09. The number of allylic oxidation sites excluding steroid dienone is 2. The molecule has 0 aliphatic heterocycles. The van der Waals surface area contributed by atoms with Crippen LogP contribution in [0.3, 0.4) is 0 Å². The first-order chi connectivity index (χ1) is 10.2. The number of Topliss-reactive ketones (excluding diaryl/α,β-unsaturated/α-hetero) is 2. The normalized spacial score (nSPS) is 13.7. The minimum Gasteiger partial charge on any atom is -0.351 e. The summed E-state index contributed by atoms with van der Waals surface area (Å²) in [6.07, 6.45) is 0. The van der Waals surface area contributed by atoms with Crippen molar-refractivity contribution < 1.29 is 9.59 Å². The van der Waals surface area contributed by atoms with Crippen LogP contribution in [0.2, 0.25) is 0 Å². The lowest BCUT2D eigenvalue weighted by Gasteiger charge is -2.18. The number of carbonyl (C=O) groups is 2. The summed E-state index contributed by atoms with van der Waals surface area (Å²) in [5, 5.41) is 12.1. The van der Waals surface area contributed by atoms with Crippen LogP contribution in [0, 0.1) is 11.3 Å². The van der Waals surface area contributed by atoms with Crippen molar-refractivity contribution in [1.29, 1.82) is 5.26 Å². The average molecular weight is 274 g/mol. The first-order valence-corrected chi connectivity index (χ1v) is 6.37. The zero-order valence-electron chi connectivity index (χ0n) is 11.0. The Labute approximate surface area is 121 Å². The van der Waals surface area contributed by atoms with E-state index in [0.29, 0.717) is 11.3 Å². The molecular weight excluding hydrogens is 264 g/mol. The summed E-state index contributed by atoms with van der Waals surface area (Å²) in [6, 6.07) is 17.3. The highest BCUT2D eigenvalue weighted by Crippen LogP contribution is 2.26. The zero-order valence-corrected chi connectivity index (χ0v) is 11.0. The summed E-state index contributed by atoms with van der Waals surface area (Å²) in [6.45, 7) is 0. The number of fused-ring (bicyclic) bond motifs is 1. The summed E-state index contributed by atoms with van der Waals surface area (Å²) < 4.78 is 0. The Hall–Kier alpha value is -3.19. The van der Waals surface area contributed by atoms with E-state index >= 15 is 0 Å². The second kappa shape index (κ2) is 5.06. The minimum absolute atomic E-state index is 0.0346. The quantitative estimate of drug-likeness (QED) is 0.914. The highest BCUT2D eigenvalue weighted by molar-refractivity contribution is 6.29. The molecule has 0 saturated heterocycles. The summed E-state index contributed by atoms with van der Waals surface area (Å²) in [5.74, 6) is -0.767. The SMILES string of the molecule is N#CC1=C(Nc2ccccc2)C(=O)c2ccccc2C1=O. The maximum Gasteiger partial charge on any atom is 0.211 e. The van der Waals surface area contributed by atoms with Gasteiger partial charge in [-0.05, 0) is 12.1 Å². The van der Waals surface area contributed by atoms with Crippen molar-refractivity contribution in [3.63, 3.8) is 0 Å². The molecule has 1 aliphatic rings. The Bertz CT molecular complexity index is 814. The van der Waals surface area contributed by atoms with Crippen LogP contribution in [0.15, 0.2) is 65.9 Å². The number of nitriles is 1. The molecule has 0 unspecified atom stereocenters. The van der Waals surface area contributed by atoms with Crippen molar-refractivity contribution in [2.75, 3.05) is 5.32 Å². The molecular formula is C17H10N2O2. The van der Waals surface area contributed by atoms with Crippen molar-refractivity contribution in [3.8, 4) is 6.07 Å². The maximum atomic E-state index is 12.5. The first kappa shape index (κ1) is 12.8. The number of ketones is 2. The van der Waals surface area contributed by atoms with Gasteiger partial charge in [0.2, 0.25) is 11.6 Å². The van der Waals surface area contributed by atoms with Gasteiger partial charge in [-0.15, -0.1) is 0 Å². The molecule has 2 aromatic rings. The monoisotopic (exact) mass is 274 g/mol. The van der Waals surface area contributed by atoms with E-state index in [1.165, 1.54) is 0 Å². The molecule has 0 heterocycles. The van der Waals surface area contributed by atoms with Gasteiger partial charge in [0.25, 0.3) is 0 Å². The van der Waals surface area contributed by atoms with Crippen LogP contribution in [0.1, 0.15) is 20.7 Å². The lowest BCUT2D eigenvalue weighted by Crippen LogP contribution is -2.25. The number of hydrogen-bond donors (Lipinski definition) is 1. The molecule has 0 fully saturated rings. The second-order valence-electron chi connectivity index (χ2n) is 4.56. The summed E-state index contributed by atoms with van der Waals surface area (Å²) in [7, 11) is 0. The van der Waals surface area contributed by atoms with Crippen LogP contribution < -0.4 is 5.32 Å². The van der Waals surface area contributed by atoms with Crippen LogP contribution in [-0.4, -0.2) is 11.6 Å². The number of nitrogens with one attached hydrogen (secondary N) is 1. The summed E-state index contributed by atoms with van der Waals surface area (Å²) >= 11 is 0. The smallest absolute Gasteiger partial charge is 0.211 e. The predicted octanol–water partition coefficient (Wildman–Crippen LogP) is 2.96. The molecule has 2 aromatic carbocycles. The van der Waals surface area contributed by atoms with Gasteiger partial charge in [-0.1, -0.05) is 42.5 Å². The summed E-state index contributed by atoms with van der Waals surface area (Å²) in [5.41, 5.74) is 1.13. The van der Waals surface area contributed by atoms with E-state index in [0.717, 1.165) is 0 Å². The van der Waals surface area contributed by atoms with Gasteiger partial charge in [0.15, 0.2) is 0 Å². The van der Waals surface area contributed by atoms with E-state index in [-0.39, 0.29) is 22.6 Å². The number of nitrogens with zero attached hydrogens (tertiary/aromatic N) is 1. The number of anilines is 1. The van der Waals surface area contributed by atoms with Gasteiger partial charge < -0.3 is 5.32 Å². The zero-order chi connectivity index (χ0) is 14.8. The molecule has 21 heavy (non-hydrogen) atoms.